The lowest BCUT2D eigenvalue weighted by molar-refractivity contribution is 0.0932. The van der Waals surface area contributed by atoms with Gasteiger partial charge in [0, 0.05) is 17.4 Å². The molecule has 18 heavy (non-hydrogen) atoms. The Bertz CT molecular complexity index is 705. The second kappa shape index (κ2) is 4.59. The molecule has 0 N–H and O–H groups in total. The fourth-order valence-electron chi connectivity index (χ4n) is 2.21. The summed E-state index contributed by atoms with van der Waals surface area (Å²) in [7, 11) is 0. The maximum absolute atomic E-state index is 5.99. The second-order valence-corrected chi connectivity index (χ2v) is 4.46. The van der Waals surface area contributed by atoms with E-state index in [0.717, 1.165) is 16.6 Å². The fraction of sp³-hybridized carbons (Fsp3) is 0.214. The highest BCUT2D eigenvalue weighted by Crippen LogP contribution is 2.28. The third-order valence-corrected chi connectivity index (χ3v) is 3.22. The summed E-state index contributed by atoms with van der Waals surface area (Å²) in [5, 5.41) is 2.79. The normalized spacial score (nSPS) is 11.4. The van der Waals surface area contributed by atoms with Crippen LogP contribution in [0.5, 0.6) is 0 Å². The van der Waals surface area contributed by atoms with E-state index in [0.29, 0.717) is 18.5 Å². The van der Waals surface area contributed by atoms with Crippen molar-refractivity contribution in [1.29, 1.82) is 0 Å². The minimum Gasteiger partial charge on any atom is -0.361 e. The summed E-state index contributed by atoms with van der Waals surface area (Å²) in [6.07, 6.45) is 0. The van der Waals surface area contributed by atoms with Gasteiger partial charge in [-0.1, -0.05) is 29.8 Å². The molecular weight excluding hydrogens is 248 g/mol. The zero-order valence-corrected chi connectivity index (χ0v) is 10.8. The van der Waals surface area contributed by atoms with Crippen molar-refractivity contribution in [3.8, 4) is 0 Å². The van der Waals surface area contributed by atoms with Crippen LogP contribution in [0.2, 0.25) is 5.15 Å². The standard InChI is InChI=1S/C14H13ClN2O/c1-2-18-9-17-12-6-4-3-5-10(12)11-7-8-13(15)16-14(11)17/h3-8H,2,9H2,1H3. The van der Waals surface area contributed by atoms with E-state index >= 15 is 0 Å². The smallest absolute Gasteiger partial charge is 0.144 e. The first-order chi connectivity index (χ1) is 8.81. The van der Waals surface area contributed by atoms with Crippen LogP contribution in [0.1, 0.15) is 6.92 Å². The summed E-state index contributed by atoms with van der Waals surface area (Å²) in [6, 6.07) is 12.0. The number of para-hydroxylation sites is 1. The molecule has 0 radical (unpaired) electrons. The largest absolute Gasteiger partial charge is 0.361 e. The average molecular weight is 261 g/mol. The van der Waals surface area contributed by atoms with Gasteiger partial charge < -0.3 is 9.30 Å². The number of halogens is 1. The average Bonchev–Trinajstić information content (AvgIpc) is 2.70. The molecule has 2 heterocycles. The van der Waals surface area contributed by atoms with Gasteiger partial charge in [-0.2, -0.15) is 0 Å². The summed E-state index contributed by atoms with van der Waals surface area (Å²) in [6.45, 7) is 3.15. The molecule has 0 fully saturated rings. The lowest BCUT2D eigenvalue weighted by Gasteiger charge is -2.06. The third kappa shape index (κ3) is 1.76. The van der Waals surface area contributed by atoms with Gasteiger partial charge in [-0.25, -0.2) is 4.98 Å². The van der Waals surface area contributed by atoms with E-state index in [9.17, 15) is 0 Å². The molecule has 0 amide bonds. The topological polar surface area (TPSA) is 27.1 Å². The van der Waals surface area contributed by atoms with E-state index in [1.54, 1.807) is 0 Å². The molecule has 0 bridgehead atoms. The van der Waals surface area contributed by atoms with Gasteiger partial charge >= 0.3 is 0 Å². The molecule has 0 atom stereocenters. The van der Waals surface area contributed by atoms with Gasteiger partial charge in [-0.05, 0) is 25.1 Å². The van der Waals surface area contributed by atoms with Gasteiger partial charge in [0.1, 0.15) is 17.5 Å². The van der Waals surface area contributed by atoms with Gasteiger partial charge in [0.15, 0.2) is 0 Å². The van der Waals surface area contributed by atoms with Gasteiger partial charge in [0.2, 0.25) is 0 Å². The van der Waals surface area contributed by atoms with E-state index < -0.39 is 0 Å². The van der Waals surface area contributed by atoms with Crippen LogP contribution < -0.4 is 0 Å². The molecule has 0 aliphatic heterocycles. The van der Waals surface area contributed by atoms with Crippen molar-refractivity contribution in [2.45, 2.75) is 13.7 Å². The Balaban J connectivity index is 2.35. The number of nitrogens with zero attached hydrogens (tertiary/aromatic N) is 2. The van der Waals surface area contributed by atoms with Crippen LogP contribution in [0.25, 0.3) is 21.9 Å². The maximum Gasteiger partial charge on any atom is 0.144 e. The zero-order valence-electron chi connectivity index (χ0n) is 10.1. The Morgan fingerprint density at radius 1 is 1.17 bits per heavy atom. The molecule has 1 aromatic carbocycles. The lowest BCUT2D eigenvalue weighted by atomic mass is 10.2. The second-order valence-electron chi connectivity index (χ2n) is 4.07. The molecule has 4 heteroatoms. The molecule has 3 aromatic rings. The number of aromatic nitrogens is 2. The molecule has 0 spiro atoms. The Labute approximate surface area is 110 Å². The van der Waals surface area contributed by atoms with E-state index in [2.05, 4.69) is 21.7 Å². The Morgan fingerprint density at radius 3 is 2.83 bits per heavy atom. The van der Waals surface area contributed by atoms with E-state index in [-0.39, 0.29) is 0 Å². The SMILES string of the molecule is CCOCn1c2ccccc2c2ccc(Cl)nc21. The number of fused-ring (bicyclic) bond motifs is 3. The summed E-state index contributed by atoms with van der Waals surface area (Å²) >= 11 is 5.99. The summed E-state index contributed by atoms with van der Waals surface area (Å²) < 4.78 is 7.57. The summed E-state index contributed by atoms with van der Waals surface area (Å²) in [5.41, 5.74) is 1.99. The number of ether oxygens (including phenoxy) is 1. The fourth-order valence-corrected chi connectivity index (χ4v) is 2.35. The van der Waals surface area contributed by atoms with Gasteiger partial charge in [0.05, 0.1) is 5.52 Å². The lowest BCUT2D eigenvalue weighted by Crippen LogP contribution is -2.02. The van der Waals surface area contributed by atoms with Crippen LogP contribution in [0.15, 0.2) is 36.4 Å². The zero-order chi connectivity index (χ0) is 12.5. The van der Waals surface area contributed by atoms with E-state index in [1.165, 1.54) is 5.39 Å². The van der Waals surface area contributed by atoms with Crippen molar-refractivity contribution >= 4 is 33.5 Å². The minimum absolute atomic E-state index is 0.494. The summed E-state index contributed by atoms with van der Waals surface area (Å²) in [4.78, 5) is 4.41. The van der Waals surface area contributed by atoms with Crippen LogP contribution in [0.3, 0.4) is 0 Å². The molecule has 0 saturated heterocycles. The Hall–Kier alpha value is -1.58. The first kappa shape index (κ1) is 11.5. The molecule has 0 aliphatic carbocycles. The number of benzene rings is 1. The first-order valence-corrected chi connectivity index (χ1v) is 6.30. The van der Waals surface area contributed by atoms with Crippen molar-refractivity contribution in [1.82, 2.24) is 9.55 Å². The highest BCUT2D eigenvalue weighted by Gasteiger charge is 2.11. The van der Waals surface area contributed by atoms with Crippen molar-refractivity contribution in [3.63, 3.8) is 0 Å². The molecule has 92 valence electrons. The highest BCUT2D eigenvalue weighted by atomic mass is 35.5. The van der Waals surface area contributed by atoms with Gasteiger partial charge in [-0.15, -0.1) is 0 Å². The molecule has 0 unspecified atom stereocenters. The Kier molecular flexibility index (Phi) is 2.94. The third-order valence-electron chi connectivity index (χ3n) is 3.01. The number of pyridine rings is 1. The van der Waals surface area contributed by atoms with E-state index in [4.69, 9.17) is 16.3 Å². The van der Waals surface area contributed by atoms with E-state index in [1.807, 2.05) is 31.2 Å². The molecule has 0 saturated carbocycles. The van der Waals surface area contributed by atoms with Gasteiger partial charge in [0.25, 0.3) is 0 Å². The highest BCUT2D eigenvalue weighted by molar-refractivity contribution is 6.30. The monoisotopic (exact) mass is 260 g/mol. The van der Waals surface area contributed by atoms with Gasteiger partial charge in [-0.3, -0.25) is 0 Å². The number of rotatable bonds is 3. The quantitative estimate of drug-likeness (QED) is 0.669. The van der Waals surface area contributed by atoms with Crippen LogP contribution in [-0.4, -0.2) is 16.2 Å². The summed E-state index contributed by atoms with van der Waals surface area (Å²) in [5.74, 6) is 0. The molecular formula is C14H13ClN2O. The van der Waals surface area contributed by atoms with Crippen LogP contribution in [0, 0.1) is 0 Å². The number of hydrogen-bond acceptors (Lipinski definition) is 2. The predicted octanol–water partition coefficient (Wildman–Crippen LogP) is 3.84. The molecule has 3 nitrogen and oxygen atoms in total. The van der Waals surface area contributed by atoms with Crippen molar-refractivity contribution < 1.29 is 4.74 Å². The Morgan fingerprint density at radius 2 is 2.00 bits per heavy atom. The number of hydrogen-bond donors (Lipinski definition) is 0. The minimum atomic E-state index is 0.494. The van der Waals surface area contributed by atoms with Crippen LogP contribution >= 0.6 is 11.6 Å². The molecule has 0 aliphatic rings. The maximum atomic E-state index is 5.99. The van der Waals surface area contributed by atoms with Crippen LogP contribution in [-0.2, 0) is 11.5 Å². The van der Waals surface area contributed by atoms with Crippen molar-refractivity contribution in [3.05, 3.63) is 41.6 Å². The van der Waals surface area contributed by atoms with Crippen molar-refractivity contribution in [2.24, 2.45) is 0 Å². The predicted molar refractivity (Wildman–Crippen MR) is 73.9 cm³/mol. The first-order valence-electron chi connectivity index (χ1n) is 5.92. The molecule has 2 aromatic heterocycles. The van der Waals surface area contributed by atoms with Crippen molar-refractivity contribution in [2.75, 3.05) is 6.61 Å². The molecule has 3 rings (SSSR count). The van der Waals surface area contributed by atoms with Crippen LogP contribution in [0.4, 0.5) is 0 Å².